The zero-order valence-corrected chi connectivity index (χ0v) is 9.02. The first-order valence-electron chi connectivity index (χ1n) is 4.96. The second kappa shape index (κ2) is 4.67. The van der Waals surface area contributed by atoms with Crippen LogP contribution in [-0.4, -0.2) is 18.3 Å². The SMILES string of the molecule is C=CCNCC1Cc2ccccc2S1. The molecule has 1 N–H and O–H groups in total. The highest BCUT2D eigenvalue weighted by atomic mass is 32.2. The van der Waals surface area contributed by atoms with Gasteiger partial charge >= 0.3 is 0 Å². The molecular weight excluding hydrogens is 190 g/mol. The van der Waals surface area contributed by atoms with Gasteiger partial charge in [0.05, 0.1) is 0 Å². The van der Waals surface area contributed by atoms with Crippen LogP contribution in [0.5, 0.6) is 0 Å². The molecule has 1 atom stereocenters. The van der Waals surface area contributed by atoms with E-state index >= 15 is 0 Å². The molecular formula is C12H15NS. The van der Waals surface area contributed by atoms with Crippen LogP contribution in [0, 0.1) is 0 Å². The zero-order chi connectivity index (χ0) is 9.80. The minimum atomic E-state index is 0.701. The van der Waals surface area contributed by atoms with Crippen LogP contribution < -0.4 is 5.32 Å². The molecule has 0 fully saturated rings. The molecule has 14 heavy (non-hydrogen) atoms. The van der Waals surface area contributed by atoms with Gasteiger partial charge in [-0.1, -0.05) is 24.3 Å². The highest BCUT2D eigenvalue weighted by Crippen LogP contribution is 2.36. The molecule has 1 heterocycles. The quantitative estimate of drug-likeness (QED) is 0.598. The molecule has 2 heteroatoms. The maximum absolute atomic E-state index is 3.69. The fourth-order valence-electron chi connectivity index (χ4n) is 1.71. The van der Waals surface area contributed by atoms with Crippen molar-refractivity contribution in [2.45, 2.75) is 16.6 Å². The summed E-state index contributed by atoms with van der Waals surface area (Å²) in [5.41, 5.74) is 1.50. The molecule has 1 nitrogen and oxygen atoms in total. The molecule has 1 unspecified atom stereocenters. The van der Waals surface area contributed by atoms with Crippen molar-refractivity contribution in [3.05, 3.63) is 42.5 Å². The maximum Gasteiger partial charge on any atom is 0.0260 e. The van der Waals surface area contributed by atoms with Crippen molar-refractivity contribution < 1.29 is 0 Å². The Labute approximate surface area is 89.6 Å². The van der Waals surface area contributed by atoms with Crippen LogP contribution in [0.3, 0.4) is 0 Å². The monoisotopic (exact) mass is 205 g/mol. The predicted molar refractivity (Wildman–Crippen MR) is 62.9 cm³/mol. The number of thioether (sulfide) groups is 1. The van der Waals surface area contributed by atoms with Crippen LogP contribution >= 0.6 is 11.8 Å². The Hall–Kier alpha value is -0.730. The molecule has 2 rings (SSSR count). The summed E-state index contributed by atoms with van der Waals surface area (Å²) in [5, 5.41) is 4.07. The third kappa shape index (κ3) is 2.20. The normalized spacial score (nSPS) is 19.3. The van der Waals surface area contributed by atoms with Gasteiger partial charge in [-0.2, -0.15) is 0 Å². The number of nitrogens with one attached hydrogen (secondary N) is 1. The molecule has 1 aromatic carbocycles. The summed E-state index contributed by atoms with van der Waals surface area (Å²) in [6, 6.07) is 8.69. The van der Waals surface area contributed by atoms with Gasteiger partial charge in [-0.3, -0.25) is 0 Å². The molecule has 1 aromatic rings. The standard InChI is InChI=1S/C12H15NS/c1-2-7-13-9-11-8-10-5-3-4-6-12(10)14-11/h2-6,11,13H,1,7-9H2. The van der Waals surface area contributed by atoms with E-state index in [2.05, 4.69) is 36.2 Å². The van der Waals surface area contributed by atoms with Crippen molar-refractivity contribution in [3.63, 3.8) is 0 Å². The molecule has 0 aliphatic carbocycles. The molecule has 0 amide bonds. The molecule has 0 radical (unpaired) electrons. The Bertz CT molecular complexity index is 297. The van der Waals surface area contributed by atoms with Gasteiger partial charge in [0.1, 0.15) is 0 Å². The second-order valence-corrected chi connectivity index (χ2v) is 4.84. The van der Waals surface area contributed by atoms with Crippen LogP contribution in [-0.2, 0) is 6.42 Å². The van der Waals surface area contributed by atoms with Crippen molar-refractivity contribution in [2.24, 2.45) is 0 Å². The fourth-order valence-corrected chi connectivity index (χ4v) is 3.00. The van der Waals surface area contributed by atoms with Gasteiger partial charge in [0, 0.05) is 23.2 Å². The first-order valence-corrected chi connectivity index (χ1v) is 5.84. The van der Waals surface area contributed by atoms with E-state index in [0.29, 0.717) is 5.25 Å². The lowest BCUT2D eigenvalue weighted by atomic mass is 10.1. The minimum absolute atomic E-state index is 0.701. The Morgan fingerprint density at radius 2 is 2.36 bits per heavy atom. The van der Waals surface area contributed by atoms with Crippen molar-refractivity contribution in [3.8, 4) is 0 Å². The number of hydrogen-bond acceptors (Lipinski definition) is 2. The average Bonchev–Trinajstić information content (AvgIpc) is 2.60. The smallest absolute Gasteiger partial charge is 0.0260 e. The van der Waals surface area contributed by atoms with Gasteiger partial charge in [-0.25, -0.2) is 0 Å². The van der Waals surface area contributed by atoms with Crippen LogP contribution in [0.1, 0.15) is 5.56 Å². The van der Waals surface area contributed by atoms with E-state index in [1.165, 1.54) is 16.9 Å². The highest BCUT2D eigenvalue weighted by molar-refractivity contribution is 8.00. The van der Waals surface area contributed by atoms with E-state index in [0.717, 1.165) is 13.1 Å². The van der Waals surface area contributed by atoms with Crippen molar-refractivity contribution in [1.82, 2.24) is 5.32 Å². The van der Waals surface area contributed by atoms with Gasteiger partial charge in [0.15, 0.2) is 0 Å². The third-order valence-electron chi connectivity index (χ3n) is 2.37. The predicted octanol–water partition coefficient (Wildman–Crippen LogP) is 2.48. The molecule has 0 aromatic heterocycles. The molecule has 0 saturated heterocycles. The minimum Gasteiger partial charge on any atom is -0.312 e. The van der Waals surface area contributed by atoms with Crippen molar-refractivity contribution in [2.75, 3.05) is 13.1 Å². The summed E-state index contributed by atoms with van der Waals surface area (Å²) >= 11 is 1.99. The van der Waals surface area contributed by atoms with Crippen LogP contribution in [0.4, 0.5) is 0 Å². The molecule has 74 valence electrons. The van der Waals surface area contributed by atoms with Crippen molar-refractivity contribution in [1.29, 1.82) is 0 Å². The molecule has 0 bridgehead atoms. The van der Waals surface area contributed by atoms with Crippen LogP contribution in [0.2, 0.25) is 0 Å². The second-order valence-electron chi connectivity index (χ2n) is 3.50. The Kier molecular flexibility index (Phi) is 3.27. The van der Waals surface area contributed by atoms with Gasteiger partial charge in [0.25, 0.3) is 0 Å². The van der Waals surface area contributed by atoms with Gasteiger partial charge in [-0.15, -0.1) is 18.3 Å². The van der Waals surface area contributed by atoms with Crippen LogP contribution in [0.15, 0.2) is 41.8 Å². The summed E-state index contributed by atoms with van der Waals surface area (Å²) in [7, 11) is 0. The number of hydrogen-bond donors (Lipinski definition) is 1. The molecule has 0 saturated carbocycles. The zero-order valence-electron chi connectivity index (χ0n) is 8.20. The number of rotatable bonds is 4. The van der Waals surface area contributed by atoms with Crippen molar-refractivity contribution >= 4 is 11.8 Å². The van der Waals surface area contributed by atoms with Crippen LogP contribution in [0.25, 0.3) is 0 Å². The highest BCUT2D eigenvalue weighted by Gasteiger charge is 2.20. The topological polar surface area (TPSA) is 12.0 Å². The summed E-state index contributed by atoms with van der Waals surface area (Å²) in [4.78, 5) is 1.46. The Balaban J connectivity index is 1.88. The lowest BCUT2D eigenvalue weighted by molar-refractivity contribution is 0.713. The summed E-state index contributed by atoms with van der Waals surface area (Å²) < 4.78 is 0. The summed E-state index contributed by atoms with van der Waals surface area (Å²) in [5.74, 6) is 0. The molecule has 1 aliphatic rings. The molecule has 1 aliphatic heterocycles. The van der Waals surface area contributed by atoms with E-state index in [1.807, 2.05) is 17.8 Å². The largest absolute Gasteiger partial charge is 0.312 e. The van der Waals surface area contributed by atoms with Gasteiger partial charge in [0.2, 0.25) is 0 Å². The van der Waals surface area contributed by atoms with E-state index in [9.17, 15) is 0 Å². The average molecular weight is 205 g/mol. The third-order valence-corrected chi connectivity index (χ3v) is 3.69. The fraction of sp³-hybridized carbons (Fsp3) is 0.333. The summed E-state index contributed by atoms with van der Waals surface area (Å²) in [6.07, 6.45) is 3.11. The number of benzene rings is 1. The molecule has 0 spiro atoms. The lowest BCUT2D eigenvalue weighted by Crippen LogP contribution is -2.24. The Morgan fingerprint density at radius 3 is 3.14 bits per heavy atom. The van der Waals surface area contributed by atoms with E-state index in [1.54, 1.807) is 0 Å². The first kappa shape index (κ1) is 9.81. The lowest BCUT2D eigenvalue weighted by Gasteiger charge is -2.07. The first-order chi connectivity index (χ1) is 6.90. The summed E-state index contributed by atoms with van der Waals surface area (Å²) in [6.45, 7) is 5.68. The van der Waals surface area contributed by atoms with Gasteiger partial charge < -0.3 is 5.32 Å². The van der Waals surface area contributed by atoms with E-state index in [4.69, 9.17) is 0 Å². The van der Waals surface area contributed by atoms with E-state index < -0.39 is 0 Å². The van der Waals surface area contributed by atoms with Gasteiger partial charge in [-0.05, 0) is 18.1 Å². The Morgan fingerprint density at radius 1 is 1.50 bits per heavy atom. The maximum atomic E-state index is 3.69. The number of fused-ring (bicyclic) bond motifs is 1. The van der Waals surface area contributed by atoms with E-state index in [-0.39, 0.29) is 0 Å².